The molecule has 5 nitrogen and oxygen atoms in total. The van der Waals surface area contributed by atoms with Gasteiger partial charge in [-0.2, -0.15) is 15.0 Å². The molecule has 0 bridgehead atoms. The third kappa shape index (κ3) is 4.32. The molecule has 6 heteroatoms. The lowest BCUT2D eigenvalue weighted by molar-refractivity contribution is 0.219. The number of nitrogens with zero attached hydrogens (tertiary/aromatic N) is 3. The molecule has 21 heavy (non-hydrogen) atoms. The van der Waals surface area contributed by atoms with Gasteiger partial charge in [-0.05, 0) is 56.7 Å². The van der Waals surface area contributed by atoms with E-state index in [1.54, 1.807) is 7.05 Å². The van der Waals surface area contributed by atoms with E-state index in [0.29, 0.717) is 17.1 Å². The van der Waals surface area contributed by atoms with Crippen molar-refractivity contribution in [1.82, 2.24) is 15.0 Å². The van der Waals surface area contributed by atoms with E-state index < -0.39 is 0 Å². The fourth-order valence-corrected chi connectivity index (χ4v) is 2.60. The van der Waals surface area contributed by atoms with Gasteiger partial charge in [0, 0.05) is 11.9 Å². The second kappa shape index (κ2) is 6.76. The maximum Gasteiger partial charge on any atom is 0.322 e. The standard InChI is InChI=1S/C15H20N4OS/c1-9(2)20-14-17-13(16-5)18-15(19-14)21-12-8-10(3)6-7-11(12)4/h6-9H,1-5H3,(H,16,17,18,19). The van der Waals surface area contributed by atoms with Gasteiger partial charge in [0.15, 0.2) is 0 Å². The second-order valence-electron chi connectivity index (χ2n) is 5.01. The number of rotatable bonds is 5. The molecule has 0 atom stereocenters. The summed E-state index contributed by atoms with van der Waals surface area (Å²) < 4.78 is 5.57. The van der Waals surface area contributed by atoms with Crippen LogP contribution in [-0.4, -0.2) is 28.1 Å². The molecule has 0 unspecified atom stereocenters. The van der Waals surface area contributed by atoms with Gasteiger partial charge in [0.25, 0.3) is 0 Å². The third-order valence-corrected chi connectivity index (χ3v) is 3.73. The number of aromatic nitrogens is 3. The second-order valence-corrected chi connectivity index (χ2v) is 6.02. The molecule has 1 aromatic carbocycles. The number of aryl methyl sites for hydroxylation is 2. The fraction of sp³-hybridized carbons (Fsp3) is 0.400. The zero-order valence-corrected chi connectivity index (χ0v) is 13.8. The van der Waals surface area contributed by atoms with Gasteiger partial charge in [-0.3, -0.25) is 0 Å². The number of benzene rings is 1. The van der Waals surface area contributed by atoms with Gasteiger partial charge in [0.05, 0.1) is 6.10 Å². The quantitative estimate of drug-likeness (QED) is 0.912. The molecule has 2 aromatic rings. The van der Waals surface area contributed by atoms with Crippen LogP contribution < -0.4 is 10.1 Å². The summed E-state index contributed by atoms with van der Waals surface area (Å²) in [7, 11) is 1.78. The Kier molecular flexibility index (Phi) is 5.01. The molecule has 0 aliphatic carbocycles. The summed E-state index contributed by atoms with van der Waals surface area (Å²) >= 11 is 1.52. The summed E-state index contributed by atoms with van der Waals surface area (Å²) in [4.78, 5) is 14.1. The van der Waals surface area contributed by atoms with Crippen LogP contribution in [0, 0.1) is 13.8 Å². The van der Waals surface area contributed by atoms with Crippen molar-refractivity contribution < 1.29 is 4.74 Å². The van der Waals surface area contributed by atoms with Crippen LogP contribution in [0.25, 0.3) is 0 Å². The fourth-order valence-electron chi connectivity index (χ4n) is 1.67. The van der Waals surface area contributed by atoms with Gasteiger partial charge in [-0.25, -0.2) is 0 Å². The molecule has 1 N–H and O–H groups in total. The van der Waals surface area contributed by atoms with Crippen molar-refractivity contribution in [3.63, 3.8) is 0 Å². The summed E-state index contributed by atoms with van der Waals surface area (Å²) in [6, 6.07) is 6.67. The molecular weight excluding hydrogens is 284 g/mol. The molecule has 0 spiro atoms. The zero-order valence-electron chi connectivity index (χ0n) is 13.0. The van der Waals surface area contributed by atoms with E-state index in [2.05, 4.69) is 52.3 Å². The van der Waals surface area contributed by atoms with Gasteiger partial charge in [-0.15, -0.1) is 0 Å². The molecule has 1 heterocycles. The van der Waals surface area contributed by atoms with E-state index in [-0.39, 0.29) is 6.10 Å². The molecule has 0 amide bonds. The summed E-state index contributed by atoms with van der Waals surface area (Å²) in [5.41, 5.74) is 2.41. The van der Waals surface area contributed by atoms with Crippen molar-refractivity contribution in [2.24, 2.45) is 0 Å². The Labute approximate surface area is 129 Å². The normalized spacial score (nSPS) is 10.8. The Bertz CT molecular complexity index is 631. The average molecular weight is 304 g/mol. The summed E-state index contributed by atoms with van der Waals surface area (Å²) in [5.74, 6) is 0.508. The average Bonchev–Trinajstić information content (AvgIpc) is 2.42. The molecule has 0 aliphatic heterocycles. The molecular formula is C15H20N4OS. The van der Waals surface area contributed by atoms with Gasteiger partial charge in [-0.1, -0.05) is 12.1 Å². The lowest BCUT2D eigenvalue weighted by Crippen LogP contribution is -2.11. The lowest BCUT2D eigenvalue weighted by Gasteiger charge is -2.11. The SMILES string of the molecule is CNc1nc(OC(C)C)nc(Sc2cc(C)ccc2C)n1. The van der Waals surface area contributed by atoms with Crippen LogP contribution in [0.4, 0.5) is 5.95 Å². The topological polar surface area (TPSA) is 59.9 Å². The molecule has 112 valence electrons. The molecule has 0 radical (unpaired) electrons. The van der Waals surface area contributed by atoms with Crippen LogP contribution in [-0.2, 0) is 0 Å². The minimum absolute atomic E-state index is 0.0238. The smallest absolute Gasteiger partial charge is 0.322 e. The maximum atomic E-state index is 5.57. The van der Waals surface area contributed by atoms with Crippen LogP contribution in [0.1, 0.15) is 25.0 Å². The van der Waals surface area contributed by atoms with Crippen LogP contribution in [0.5, 0.6) is 6.01 Å². The first-order valence-corrected chi connectivity index (χ1v) is 7.65. The van der Waals surface area contributed by atoms with Crippen molar-refractivity contribution in [3.05, 3.63) is 29.3 Å². The molecule has 0 aliphatic rings. The monoisotopic (exact) mass is 304 g/mol. The van der Waals surface area contributed by atoms with Crippen LogP contribution in [0.2, 0.25) is 0 Å². The minimum Gasteiger partial charge on any atom is -0.461 e. The highest BCUT2D eigenvalue weighted by Crippen LogP contribution is 2.29. The van der Waals surface area contributed by atoms with E-state index in [1.807, 2.05) is 13.8 Å². The van der Waals surface area contributed by atoms with E-state index in [9.17, 15) is 0 Å². The highest BCUT2D eigenvalue weighted by Gasteiger charge is 2.11. The van der Waals surface area contributed by atoms with Gasteiger partial charge in [0.2, 0.25) is 11.1 Å². The first-order valence-electron chi connectivity index (χ1n) is 6.83. The van der Waals surface area contributed by atoms with Gasteiger partial charge < -0.3 is 10.1 Å². The highest BCUT2D eigenvalue weighted by atomic mass is 32.2. The van der Waals surface area contributed by atoms with E-state index in [0.717, 1.165) is 4.90 Å². The van der Waals surface area contributed by atoms with Crippen molar-refractivity contribution in [2.45, 2.75) is 43.9 Å². The molecule has 0 saturated heterocycles. The Morgan fingerprint density at radius 1 is 1.14 bits per heavy atom. The molecule has 2 rings (SSSR count). The first kappa shape index (κ1) is 15.6. The Balaban J connectivity index is 2.32. The van der Waals surface area contributed by atoms with E-state index >= 15 is 0 Å². The Morgan fingerprint density at radius 3 is 2.57 bits per heavy atom. The summed E-state index contributed by atoms with van der Waals surface area (Å²) in [5, 5.41) is 3.56. The predicted octanol–water partition coefficient (Wildman–Crippen LogP) is 3.47. The Hall–Kier alpha value is -1.82. The van der Waals surface area contributed by atoms with Crippen molar-refractivity contribution >= 4 is 17.7 Å². The van der Waals surface area contributed by atoms with Crippen LogP contribution in [0.3, 0.4) is 0 Å². The molecule has 1 aromatic heterocycles. The lowest BCUT2D eigenvalue weighted by atomic mass is 10.2. The number of hydrogen-bond acceptors (Lipinski definition) is 6. The van der Waals surface area contributed by atoms with Gasteiger partial charge >= 0.3 is 6.01 Å². The number of anilines is 1. The predicted molar refractivity (Wildman–Crippen MR) is 85.2 cm³/mol. The maximum absolute atomic E-state index is 5.57. The van der Waals surface area contributed by atoms with Crippen molar-refractivity contribution in [3.8, 4) is 6.01 Å². The van der Waals surface area contributed by atoms with Gasteiger partial charge in [0.1, 0.15) is 0 Å². The summed E-state index contributed by atoms with van der Waals surface area (Å²) in [6.07, 6.45) is 0.0238. The zero-order chi connectivity index (χ0) is 15.4. The third-order valence-electron chi connectivity index (χ3n) is 2.70. The van der Waals surface area contributed by atoms with E-state index in [4.69, 9.17) is 4.74 Å². The number of nitrogens with one attached hydrogen (secondary N) is 1. The van der Waals surface area contributed by atoms with Crippen LogP contribution in [0.15, 0.2) is 28.3 Å². The Morgan fingerprint density at radius 2 is 1.90 bits per heavy atom. The summed E-state index contributed by atoms with van der Waals surface area (Å²) in [6.45, 7) is 8.04. The number of ether oxygens (including phenoxy) is 1. The highest BCUT2D eigenvalue weighted by molar-refractivity contribution is 7.99. The molecule has 0 saturated carbocycles. The number of hydrogen-bond donors (Lipinski definition) is 1. The largest absolute Gasteiger partial charge is 0.461 e. The minimum atomic E-state index is 0.0238. The van der Waals surface area contributed by atoms with Crippen LogP contribution >= 0.6 is 11.8 Å². The molecule has 0 fully saturated rings. The van der Waals surface area contributed by atoms with Crippen molar-refractivity contribution in [2.75, 3.05) is 12.4 Å². The van der Waals surface area contributed by atoms with Crippen molar-refractivity contribution in [1.29, 1.82) is 0 Å². The first-order chi connectivity index (χ1) is 9.97. The van der Waals surface area contributed by atoms with E-state index in [1.165, 1.54) is 22.9 Å².